The van der Waals surface area contributed by atoms with Gasteiger partial charge in [-0.3, -0.25) is 0 Å². The predicted octanol–water partition coefficient (Wildman–Crippen LogP) is 2.67. The largest absolute Gasteiger partial charge is 0.445 e. The third kappa shape index (κ3) is 5.91. The van der Waals surface area contributed by atoms with Crippen LogP contribution >= 0.6 is 0 Å². The Morgan fingerprint density at radius 3 is 2.54 bits per heavy atom. The van der Waals surface area contributed by atoms with Crippen LogP contribution in [0.3, 0.4) is 0 Å². The first-order chi connectivity index (χ1) is 12.2. The fraction of sp³-hybridized carbons (Fsp3) is 0.579. The van der Waals surface area contributed by atoms with Gasteiger partial charge in [0.1, 0.15) is 12.2 Å². The number of carbonyl (C=O) groups excluding carboxylic acids is 2. The van der Waals surface area contributed by atoms with Crippen molar-refractivity contribution in [3.05, 3.63) is 35.9 Å². The van der Waals surface area contributed by atoms with Crippen LogP contribution in [0.5, 0.6) is 0 Å². The van der Waals surface area contributed by atoms with E-state index in [-0.39, 0.29) is 13.2 Å². The second-order valence-corrected chi connectivity index (χ2v) is 7.58. The Hall–Kier alpha value is -2.28. The predicted molar refractivity (Wildman–Crippen MR) is 96.6 cm³/mol. The van der Waals surface area contributed by atoms with Crippen LogP contribution in [0.4, 0.5) is 9.59 Å². The molecule has 0 aliphatic carbocycles. The van der Waals surface area contributed by atoms with Crippen molar-refractivity contribution < 1.29 is 24.2 Å². The van der Waals surface area contributed by atoms with Crippen molar-refractivity contribution in [3.63, 3.8) is 0 Å². The van der Waals surface area contributed by atoms with Crippen LogP contribution in [0.1, 0.15) is 39.7 Å². The van der Waals surface area contributed by atoms with E-state index in [1.54, 1.807) is 27.7 Å². The number of rotatable bonds is 3. The summed E-state index contributed by atoms with van der Waals surface area (Å²) < 4.78 is 10.6. The van der Waals surface area contributed by atoms with Crippen LogP contribution in [-0.2, 0) is 16.1 Å². The molecule has 0 aromatic heterocycles. The maximum atomic E-state index is 12.4. The molecule has 7 heteroatoms. The molecule has 0 radical (unpaired) electrons. The molecule has 2 amide bonds. The summed E-state index contributed by atoms with van der Waals surface area (Å²) in [6.45, 7) is 7.50. The molecule has 1 aliphatic heterocycles. The van der Waals surface area contributed by atoms with Crippen LogP contribution in [0.15, 0.2) is 30.3 Å². The first kappa shape index (κ1) is 20.0. The smallest absolute Gasteiger partial charge is 0.410 e. The number of nitrogens with one attached hydrogen (secondary N) is 1. The van der Waals surface area contributed by atoms with E-state index in [9.17, 15) is 14.7 Å². The molecule has 144 valence electrons. The van der Waals surface area contributed by atoms with E-state index in [4.69, 9.17) is 9.47 Å². The van der Waals surface area contributed by atoms with Gasteiger partial charge in [0.15, 0.2) is 0 Å². The normalized spacial score (nSPS) is 23.3. The molecule has 1 saturated heterocycles. The number of aliphatic hydroxyl groups excluding tert-OH is 1. The third-order valence-corrected chi connectivity index (χ3v) is 4.15. The van der Waals surface area contributed by atoms with Gasteiger partial charge in [0, 0.05) is 6.54 Å². The Kier molecular flexibility index (Phi) is 6.47. The molecule has 0 spiro atoms. The van der Waals surface area contributed by atoms with Crippen molar-refractivity contribution >= 4 is 12.2 Å². The fourth-order valence-corrected chi connectivity index (χ4v) is 2.80. The van der Waals surface area contributed by atoms with Crippen molar-refractivity contribution in [3.8, 4) is 0 Å². The van der Waals surface area contributed by atoms with E-state index >= 15 is 0 Å². The lowest BCUT2D eigenvalue weighted by Gasteiger charge is -2.40. The molecule has 1 aromatic carbocycles. The first-order valence-electron chi connectivity index (χ1n) is 8.80. The minimum Gasteiger partial charge on any atom is -0.445 e. The summed E-state index contributed by atoms with van der Waals surface area (Å²) in [4.78, 5) is 25.8. The van der Waals surface area contributed by atoms with Crippen molar-refractivity contribution in [1.29, 1.82) is 0 Å². The zero-order chi connectivity index (χ0) is 19.3. The van der Waals surface area contributed by atoms with Crippen LogP contribution in [0.2, 0.25) is 0 Å². The monoisotopic (exact) mass is 364 g/mol. The highest BCUT2D eigenvalue weighted by Gasteiger charge is 2.37. The second kappa shape index (κ2) is 8.40. The first-order valence-corrected chi connectivity index (χ1v) is 8.80. The Morgan fingerprint density at radius 2 is 1.92 bits per heavy atom. The van der Waals surface area contributed by atoms with Gasteiger partial charge >= 0.3 is 12.2 Å². The van der Waals surface area contributed by atoms with E-state index < -0.39 is 36.0 Å². The van der Waals surface area contributed by atoms with Gasteiger partial charge in [0.25, 0.3) is 0 Å². The summed E-state index contributed by atoms with van der Waals surface area (Å²) in [6, 6.07) is 8.58. The fourth-order valence-electron chi connectivity index (χ4n) is 2.80. The summed E-state index contributed by atoms with van der Waals surface area (Å²) in [7, 11) is 0. The molecule has 1 heterocycles. The lowest BCUT2D eigenvalue weighted by Crippen LogP contribution is -2.58. The lowest BCUT2D eigenvalue weighted by molar-refractivity contribution is -0.00540. The number of piperidine rings is 1. The zero-order valence-corrected chi connectivity index (χ0v) is 15.8. The summed E-state index contributed by atoms with van der Waals surface area (Å²) in [5, 5.41) is 13.0. The molecule has 26 heavy (non-hydrogen) atoms. The number of carbonyl (C=O) groups is 2. The number of benzene rings is 1. The number of alkyl carbamates (subject to hydrolysis) is 1. The molecule has 7 nitrogen and oxygen atoms in total. The maximum absolute atomic E-state index is 12.4. The Bertz CT molecular complexity index is 614. The number of likely N-dealkylation sites (tertiary alicyclic amines) is 1. The second-order valence-electron chi connectivity index (χ2n) is 7.58. The highest BCUT2D eigenvalue weighted by Crippen LogP contribution is 2.20. The standard InChI is InChI=1S/C19H28N2O5/c1-13-16(22)10-15(20-17(23)26-19(2,3)4)11-21(13)18(24)25-12-14-8-6-5-7-9-14/h5-9,13,15-16,22H,10-12H2,1-4H3,(H,20,23). The number of nitrogens with zero attached hydrogens (tertiary/aromatic N) is 1. The van der Waals surface area contributed by atoms with Gasteiger partial charge in [0.2, 0.25) is 0 Å². The lowest BCUT2D eigenvalue weighted by atomic mass is 9.97. The van der Waals surface area contributed by atoms with Crippen LogP contribution in [0, 0.1) is 0 Å². The molecule has 2 N–H and O–H groups in total. The van der Waals surface area contributed by atoms with Crippen molar-refractivity contribution in [2.45, 2.75) is 64.5 Å². The number of hydrogen-bond acceptors (Lipinski definition) is 5. The molecule has 1 fully saturated rings. The summed E-state index contributed by atoms with van der Waals surface area (Å²) in [5.41, 5.74) is 0.272. The average Bonchev–Trinajstić information content (AvgIpc) is 2.55. The van der Waals surface area contributed by atoms with Crippen LogP contribution < -0.4 is 5.32 Å². The molecule has 3 atom stereocenters. The molecule has 1 aromatic rings. The minimum absolute atomic E-state index is 0.156. The van der Waals surface area contributed by atoms with Gasteiger partial charge < -0.3 is 24.8 Å². The average molecular weight is 364 g/mol. The Balaban J connectivity index is 1.93. The van der Waals surface area contributed by atoms with E-state index in [1.807, 2.05) is 30.3 Å². The van der Waals surface area contributed by atoms with Crippen molar-refractivity contribution in [2.24, 2.45) is 0 Å². The molecule has 0 saturated carbocycles. The zero-order valence-electron chi connectivity index (χ0n) is 15.8. The third-order valence-electron chi connectivity index (χ3n) is 4.15. The topological polar surface area (TPSA) is 88.1 Å². The van der Waals surface area contributed by atoms with Crippen molar-refractivity contribution in [1.82, 2.24) is 10.2 Å². The number of amides is 2. The number of aliphatic hydroxyl groups is 1. The number of hydrogen-bond donors (Lipinski definition) is 2. The number of ether oxygens (including phenoxy) is 2. The van der Waals surface area contributed by atoms with E-state index in [1.165, 1.54) is 4.90 Å². The summed E-state index contributed by atoms with van der Waals surface area (Å²) >= 11 is 0. The molecule has 2 rings (SSSR count). The molecule has 0 bridgehead atoms. The van der Waals surface area contributed by atoms with Gasteiger partial charge in [-0.05, 0) is 39.7 Å². The molecule has 3 unspecified atom stereocenters. The van der Waals surface area contributed by atoms with Gasteiger partial charge in [0.05, 0.1) is 18.2 Å². The summed E-state index contributed by atoms with van der Waals surface area (Å²) in [6.07, 6.45) is -1.49. The Morgan fingerprint density at radius 1 is 1.27 bits per heavy atom. The van der Waals surface area contributed by atoms with Gasteiger partial charge in [-0.25, -0.2) is 9.59 Å². The van der Waals surface area contributed by atoms with E-state index in [0.717, 1.165) is 5.56 Å². The van der Waals surface area contributed by atoms with Gasteiger partial charge in [-0.15, -0.1) is 0 Å². The highest BCUT2D eigenvalue weighted by molar-refractivity contribution is 5.70. The SMILES string of the molecule is CC1C(O)CC(NC(=O)OC(C)(C)C)CN1C(=O)OCc1ccccc1. The summed E-state index contributed by atoms with van der Waals surface area (Å²) in [5.74, 6) is 0. The van der Waals surface area contributed by atoms with Gasteiger partial charge in [-0.1, -0.05) is 30.3 Å². The van der Waals surface area contributed by atoms with Crippen LogP contribution in [-0.4, -0.2) is 52.5 Å². The quantitative estimate of drug-likeness (QED) is 0.861. The van der Waals surface area contributed by atoms with Crippen LogP contribution in [0.25, 0.3) is 0 Å². The Labute approximate surface area is 154 Å². The van der Waals surface area contributed by atoms with Crippen molar-refractivity contribution in [2.75, 3.05) is 6.54 Å². The van der Waals surface area contributed by atoms with Gasteiger partial charge in [-0.2, -0.15) is 0 Å². The maximum Gasteiger partial charge on any atom is 0.410 e. The molecule has 1 aliphatic rings. The van der Waals surface area contributed by atoms with E-state index in [0.29, 0.717) is 6.42 Å². The highest BCUT2D eigenvalue weighted by atomic mass is 16.6. The van der Waals surface area contributed by atoms with E-state index in [2.05, 4.69) is 5.32 Å². The minimum atomic E-state index is -0.757. The molecular weight excluding hydrogens is 336 g/mol. The molecular formula is C19H28N2O5.